The first-order chi connectivity index (χ1) is 11.9. The Morgan fingerprint density at radius 2 is 1.32 bits per heavy atom. The van der Waals surface area contributed by atoms with Crippen LogP contribution in [0.1, 0.15) is 9.75 Å². The molecule has 0 unspecified atom stereocenters. The van der Waals surface area contributed by atoms with Crippen LogP contribution < -0.4 is 0 Å². The summed E-state index contributed by atoms with van der Waals surface area (Å²) in [4.78, 5) is 20.4. The maximum Gasteiger partial charge on any atom is 0.225 e. The van der Waals surface area contributed by atoms with Gasteiger partial charge in [-0.2, -0.15) is 0 Å². The third-order valence-electron chi connectivity index (χ3n) is 3.09. The quantitative estimate of drug-likeness (QED) is 0.184. The number of thioether (sulfide) groups is 1. The number of aryl methyl sites for hydroxylation is 2. The molecular weight excluding hydrogens is 439 g/mol. The van der Waals surface area contributed by atoms with Crippen LogP contribution in [-0.2, 0) is 0 Å². The molecule has 4 nitrogen and oxygen atoms in total. The monoisotopic (exact) mass is 448 g/mol. The number of fused-ring (bicyclic) bond motifs is 2. The van der Waals surface area contributed by atoms with Gasteiger partial charge in [-0.25, -0.2) is 19.9 Å². The Morgan fingerprint density at radius 3 is 1.92 bits per heavy atom. The van der Waals surface area contributed by atoms with Crippen LogP contribution in [0.5, 0.6) is 0 Å². The van der Waals surface area contributed by atoms with Crippen LogP contribution in [0, 0.1) is 13.8 Å². The van der Waals surface area contributed by atoms with E-state index in [1.54, 1.807) is 34.4 Å². The average molecular weight is 450 g/mol. The van der Waals surface area contributed by atoms with E-state index in [4.69, 9.17) is 34.8 Å². The van der Waals surface area contributed by atoms with Crippen molar-refractivity contribution in [2.45, 2.75) is 18.9 Å². The van der Waals surface area contributed by atoms with Gasteiger partial charge in [0, 0.05) is 20.5 Å². The second-order valence-corrected chi connectivity index (χ2v) is 9.24. The lowest BCUT2D eigenvalue weighted by Gasteiger charge is -1.96. The number of aromatic nitrogens is 4. The number of rotatable bonds is 1. The number of hydrogen-bond donors (Lipinski definition) is 0. The predicted octanol–water partition coefficient (Wildman–Crippen LogP) is 6.68. The molecule has 10 heteroatoms. The zero-order valence-electron chi connectivity index (χ0n) is 13.3. The summed E-state index contributed by atoms with van der Waals surface area (Å²) in [6, 6.07) is 4.06. The highest BCUT2D eigenvalue weighted by molar-refractivity contribution is 7.98. The lowest BCUT2D eigenvalue weighted by molar-refractivity contribution is 1.11. The zero-order chi connectivity index (χ0) is 18.1. The molecular formula is C15H11Cl3N4S3. The average Bonchev–Trinajstić information content (AvgIpc) is 3.08. The van der Waals surface area contributed by atoms with Gasteiger partial charge in [-0.1, -0.05) is 11.6 Å². The van der Waals surface area contributed by atoms with Crippen molar-refractivity contribution in [1.82, 2.24) is 19.9 Å². The van der Waals surface area contributed by atoms with Gasteiger partial charge in [0.05, 0.1) is 0 Å². The van der Waals surface area contributed by atoms with Crippen molar-refractivity contribution in [3.63, 3.8) is 0 Å². The summed E-state index contributed by atoms with van der Waals surface area (Å²) < 4.78 is 0. The van der Waals surface area contributed by atoms with Crippen LogP contribution in [-0.4, -0.2) is 26.2 Å². The summed E-state index contributed by atoms with van der Waals surface area (Å²) in [5.41, 5.74) is 0. The molecule has 0 saturated carbocycles. The van der Waals surface area contributed by atoms with Gasteiger partial charge in [0.2, 0.25) is 10.6 Å². The van der Waals surface area contributed by atoms with Gasteiger partial charge in [-0.3, -0.25) is 0 Å². The standard InChI is InChI=1S/C8H7ClN2S2.C7H4Cl2N2S/c1-4-3-5-6(12-2)10-8(9)11-7(5)13-4;1-3-2-4-5(8)10-7(9)11-6(4)12-3/h3H,1-2H3;2H,1H3. The van der Waals surface area contributed by atoms with Gasteiger partial charge in [-0.05, 0) is 55.4 Å². The molecule has 25 heavy (non-hydrogen) atoms. The van der Waals surface area contributed by atoms with E-state index in [9.17, 15) is 0 Å². The second kappa shape index (κ2) is 7.90. The summed E-state index contributed by atoms with van der Waals surface area (Å²) >= 11 is 22.1. The zero-order valence-corrected chi connectivity index (χ0v) is 18.0. The Bertz CT molecular complexity index is 1060. The Hall–Kier alpha value is -0.700. The first-order valence-corrected chi connectivity index (χ1v) is 10.9. The predicted molar refractivity (Wildman–Crippen MR) is 111 cm³/mol. The number of thiophene rings is 2. The molecule has 0 radical (unpaired) electrons. The molecule has 0 saturated heterocycles. The lowest BCUT2D eigenvalue weighted by atomic mass is 10.4. The summed E-state index contributed by atoms with van der Waals surface area (Å²) in [7, 11) is 0. The molecule has 4 aromatic heterocycles. The summed E-state index contributed by atoms with van der Waals surface area (Å²) in [6.07, 6.45) is 1.99. The Labute approximate surface area is 171 Å². The smallest absolute Gasteiger partial charge is 0.211 e. The molecule has 0 amide bonds. The van der Waals surface area contributed by atoms with Crippen molar-refractivity contribution >= 4 is 89.7 Å². The minimum Gasteiger partial charge on any atom is -0.211 e. The highest BCUT2D eigenvalue weighted by atomic mass is 35.5. The third-order valence-corrected chi connectivity index (χ3v) is 6.30. The molecule has 0 aliphatic carbocycles. The molecule has 0 aliphatic heterocycles. The molecule has 0 aliphatic rings. The largest absolute Gasteiger partial charge is 0.225 e. The fraction of sp³-hybridized carbons (Fsp3) is 0.200. The van der Waals surface area contributed by atoms with Gasteiger partial charge >= 0.3 is 0 Å². The first-order valence-electron chi connectivity index (χ1n) is 6.94. The van der Waals surface area contributed by atoms with Crippen LogP contribution in [0.2, 0.25) is 15.7 Å². The summed E-state index contributed by atoms with van der Waals surface area (Å²) in [6.45, 7) is 4.06. The van der Waals surface area contributed by atoms with Crippen molar-refractivity contribution < 1.29 is 0 Å². The third kappa shape index (κ3) is 4.35. The lowest BCUT2D eigenvalue weighted by Crippen LogP contribution is -1.84. The van der Waals surface area contributed by atoms with Crippen LogP contribution >= 0.6 is 69.2 Å². The van der Waals surface area contributed by atoms with E-state index in [0.29, 0.717) is 10.4 Å². The van der Waals surface area contributed by atoms with E-state index in [-0.39, 0.29) is 5.28 Å². The highest BCUT2D eigenvalue weighted by Crippen LogP contribution is 2.31. The Kier molecular flexibility index (Phi) is 6.03. The minimum absolute atomic E-state index is 0.203. The van der Waals surface area contributed by atoms with Crippen molar-refractivity contribution in [3.05, 3.63) is 37.6 Å². The number of halogens is 3. The molecule has 4 aromatic rings. The van der Waals surface area contributed by atoms with E-state index < -0.39 is 0 Å². The molecule has 4 heterocycles. The fourth-order valence-corrected chi connectivity index (χ4v) is 5.32. The van der Waals surface area contributed by atoms with E-state index >= 15 is 0 Å². The Balaban J connectivity index is 0.000000146. The molecule has 0 fully saturated rings. The van der Waals surface area contributed by atoms with E-state index in [1.165, 1.54) is 4.88 Å². The van der Waals surface area contributed by atoms with Crippen LogP contribution in [0.3, 0.4) is 0 Å². The van der Waals surface area contributed by atoms with Gasteiger partial charge in [0.15, 0.2) is 0 Å². The van der Waals surface area contributed by atoms with Gasteiger partial charge in [0.1, 0.15) is 19.8 Å². The van der Waals surface area contributed by atoms with E-state index in [0.717, 1.165) is 30.3 Å². The van der Waals surface area contributed by atoms with E-state index in [1.807, 2.05) is 19.2 Å². The van der Waals surface area contributed by atoms with Crippen LogP contribution in [0.4, 0.5) is 0 Å². The molecule has 0 aromatic carbocycles. The number of hydrogen-bond acceptors (Lipinski definition) is 7. The normalized spacial score (nSPS) is 11.0. The van der Waals surface area contributed by atoms with Crippen molar-refractivity contribution in [2.75, 3.05) is 6.26 Å². The minimum atomic E-state index is 0.203. The Morgan fingerprint density at radius 1 is 0.800 bits per heavy atom. The van der Waals surface area contributed by atoms with Crippen molar-refractivity contribution in [1.29, 1.82) is 0 Å². The van der Waals surface area contributed by atoms with Crippen LogP contribution in [0.15, 0.2) is 17.2 Å². The van der Waals surface area contributed by atoms with Crippen molar-refractivity contribution in [3.8, 4) is 0 Å². The van der Waals surface area contributed by atoms with Crippen LogP contribution in [0.25, 0.3) is 20.4 Å². The summed E-state index contributed by atoms with van der Waals surface area (Å²) in [5, 5.41) is 3.91. The van der Waals surface area contributed by atoms with Gasteiger partial charge in [-0.15, -0.1) is 34.4 Å². The highest BCUT2D eigenvalue weighted by Gasteiger charge is 2.08. The molecule has 0 atom stereocenters. The maximum atomic E-state index is 5.85. The second-order valence-electron chi connectivity index (χ2n) is 4.94. The molecule has 4 rings (SSSR count). The van der Waals surface area contributed by atoms with Gasteiger partial charge in [0.25, 0.3) is 0 Å². The SMILES string of the molecule is CSc1nc(Cl)nc2sc(C)cc12.Cc1cc2c(Cl)nc(Cl)nc2s1. The first kappa shape index (κ1) is 19.1. The number of nitrogens with zero attached hydrogens (tertiary/aromatic N) is 4. The maximum absolute atomic E-state index is 5.85. The molecule has 0 spiro atoms. The fourth-order valence-electron chi connectivity index (χ4n) is 2.13. The van der Waals surface area contributed by atoms with Gasteiger partial charge < -0.3 is 0 Å². The topological polar surface area (TPSA) is 51.6 Å². The molecule has 0 N–H and O–H groups in total. The van der Waals surface area contributed by atoms with E-state index in [2.05, 4.69) is 32.9 Å². The molecule has 0 bridgehead atoms. The molecule has 130 valence electrons. The summed E-state index contributed by atoms with van der Waals surface area (Å²) in [5.74, 6) is 0. The van der Waals surface area contributed by atoms with Crippen molar-refractivity contribution in [2.24, 2.45) is 0 Å².